The van der Waals surface area contributed by atoms with Crippen LogP contribution >= 0.6 is 0 Å². The summed E-state index contributed by atoms with van der Waals surface area (Å²) in [6, 6.07) is 15.5. The standard InChI is InChI=1S/C35H30F8O3/c1-2-3-4-5-21-6-11-25(12-7-21)35(42,43)46-26-19-44-33(45-20-26)24-9-14-28(31(37)18-24)22-8-13-27(30(36)16-22)23-10-15-29(32(38)17-23)34(39,40)41/h6-18,26,33H,2-5,19-20H2,1H3. The lowest BCUT2D eigenvalue weighted by Gasteiger charge is -2.32. The largest absolute Gasteiger partial charge is 0.419 e. The lowest BCUT2D eigenvalue weighted by molar-refractivity contribution is -0.320. The zero-order valence-corrected chi connectivity index (χ0v) is 24.7. The Labute approximate surface area is 260 Å². The second-order valence-corrected chi connectivity index (χ2v) is 11.0. The molecule has 0 saturated carbocycles. The van der Waals surface area contributed by atoms with Gasteiger partial charge in [0.05, 0.1) is 24.3 Å². The van der Waals surface area contributed by atoms with E-state index in [0.717, 1.165) is 49.4 Å². The van der Waals surface area contributed by atoms with Gasteiger partial charge in [0.2, 0.25) is 0 Å². The average Bonchev–Trinajstić information content (AvgIpc) is 3.01. The van der Waals surface area contributed by atoms with Crippen LogP contribution in [0.5, 0.6) is 0 Å². The number of benzene rings is 4. The van der Waals surface area contributed by atoms with Gasteiger partial charge in [-0.1, -0.05) is 74.4 Å². The summed E-state index contributed by atoms with van der Waals surface area (Å²) in [5, 5.41) is 0. The first kappa shape index (κ1) is 33.6. The van der Waals surface area contributed by atoms with E-state index in [-0.39, 0.29) is 46.6 Å². The fraction of sp³-hybridized carbons (Fsp3) is 0.314. The monoisotopic (exact) mass is 650 g/mol. The van der Waals surface area contributed by atoms with Crippen LogP contribution in [0.2, 0.25) is 0 Å². The van der Waals surface area contributed by atoms with Crippen LogP contribution in [-0.4, -0.2) is 19.3 Å². The minimum absolute atomic E-state index is 0.000781. The lowest BCUT2D eigenvalue weighted by Crippen LogP contribution is -2.38. The SMILES string of the molecule is CCCCCc1ccc(C(F)(F)OC2COC(c3ccc(-c4ccc(-c5ccc(C(F)(F)F)c(F)c5)c(F)c4)c(F)c3)OC2)cc1. The van der Waals surface area contributed by atoms with Crippen molar-refractivity contribution in [2.24, 2.45) is 0 Å². The molecule has 0 atom stereocenters. The molecule has 244 valence electrons. The van der Waals surface area contributed by atoms with E-state index in [2.05, 4.69) is 6.92 Å². The molecule has 0 N–H and O–H groups in total. The molecule has 0 radical (unpaired) electrons. The molecule has 0 aliphatic carbocycles. The summed E-state index contributed by atoms with van der Waals surface area (Å²) >= 11 is 0. The Bertz CT molecular complexity index is 1650. The summed E-state index contributed by atoms with van der Waals surface area (Å²) in [5.41, 5.74) is -0.707. The van der Waals surface area contributed by atoms with Gasteiger partial charge in [0, 0.05) is 16.7 Å². The first-order chi connectivity index (χ1) is 21.9. The molecule has 1 aliphatic rings. The Morgan fingerprint density at radius 1 is 0.696 bits per heavy atom. The Balaban J connectivity index is 1.20. The maximum atomic E-state index is 15.1. The minimum Gasteiger partial charge on any atom is -0.346 e. The molecule has 0 aromatic heterocycles. The van der Waals surface area contributed by atoms with E-state index in [9.17, 15) is 30.7 Å². The summed E-state index contributed by atoms with van der Waals surface area (Å²) in [4.78, 5) is 0. The van der Waals surface area contributed by atoms with Crippen molar-refractivity contribution >= 4 is 0 Å². The molecule has 4 aromatic rings. The van der Waals surface area contributed by atoms with Crippen molar-refractivity contribution in [2.75, 3.05) is 13.2 Å². The highest BCUT2D eigenvalue weighted by Crippen LogP contribution is 2.37. The minimum atomic E-state index is -4.90. The zero-order valence-electron chi connectivity index (χ0n) is 24.7. The van der Waals surface area contributed by atoms with Gasteiger partial charge in [0.15, 0.2) is 6.29 Å². The highest BCUT2D eigenvalue weighted by atomic mass is 19.4. The molecule has 0 unspecified atom stereocenters. The molecule has 5 rings (SSSR count). The van der Waals surface area contributed by atoms with Gasteiger partial charge in [-0.05, 0) is 53.8 Å². The molecule has 3 nitrogen and oxygen atoms in total. The Kier molecular flexibility index (Phi) is 10.1. The van der Waals surface area contributed by atoms with Crippen LogP contribution in [0.3, 0.4) is 0 Å². The molecule has 0 spiro atoms. The smallest absolute Gasteiger partial charge is 0.346 e. The van der Waals surface area contributed by atoms with E-state index in [1.54, 1.807) is 12.1 Å². The van der Waals surface area contributed by atoms with E-state index >= 15 is 4.39 Å². The van der Waals surface area contributed by atoms with Gasteiger partial charge in [0.25, 0.3) is 0 Å². The average molecular weight is 651 g/mol. The van der Waals surface area contributed by atoms with Gasteiger partial charge in [-0.3, -0.25) is 0 Å². The summed E-state index contributed by atoms with van der Waals surface area (Å²) in [6.45, 7) is 1.61. The van der Waals surface area contributed by atoms with Crippen LogP contribution in [0.1, 0.15) is 54.7 Å². The first-order valence-corrected chi connectivity index (χ1v) is 14.7. The quantitative estimate of drug-likeness (QED) is 0.126. The van der Waals surface area contributed by atoms with E-state index in [0.29, 0.717) is 12.1 Å². The van der Waals surface area contributed by atoms with Gasteiger partial charge >= 0.3 is 12.3 Å². The maximum Gasteiger partial charge on any atom is 0.419 e. The van der Waals surface area contributed by atoms with E-state index in [1.807, 2.05) is 0 Å². The van der Waals surface area contributed by atoms with Gasteiger partial charge < -0.3 is 14.2 Å². The second-order valence-electron chi connectivity index (χ2n) is 11.0. The van der Waals surface area contributed by atoms with Gasteiger partial charge in [-0.25, -0.2) is 13.2 Å². The third-order valence-corrected chi connectivity index (χ3v) is 7.67. The highest BCUT2D eigenvalue weighted by Gasteiger charge is 2.38. The third-order valence-electron chi connectivity index (χ3n) is 7.67. The van der Waals surface area contributed by atoms with E-state index < -0.39 is 47.7 Å². The van der Waals surface area contributed by atoms with Crippen LogP contribution in [0, 0.1) is 17.5 Å². The number of ether oxygens (including phenoxy) is 3. The number of aryl methyl sites for hydroxylation is 1. The van der Waals surface area contributed by atoms with Crippen LogP contribution in [0.15, 0.2) is 78.9 Å². The topological polar surface area (TPSA) is 27.7 Å². The molecule has 0 amide bonds. The van der Waals surface area contributed by atoms with Crippen LogP contribution < -0.4 is 0 Å². The van der Waals surface area contributed by atoms with Crippen LogP contribution in [0.4, 0.5) is 35.1 Å². The fourth-order valence-corrected chi connectivity index (χ4v) is 5.21. The molecule has 46 heavy (non-hydrogen) atoms. The van der Waals surface area contributed by atoms with Gasteiger partial charge in [-0.15, -0.1) is 0 Å². The molecule has 4 aromatic carbocycles. The molecule has 1 saturated heterocycles. The summed E-state index contributed by atoms with van der Waals surface area (Å²) in [7, 11) is 0. The highest BCUT2D eigenvalue weighted by molar-refractivity contribution is 5.71. The van der Waals surface area contributed by atoms with Crippen molar-refractivity contribution in [1.29, 1.82) is 0 Å². The number of unbranched alkanes of at least 4 members (excludes halogenated alkanes) is 2. The van der Waals surface area contributed by atoms with Crippen molar-refractivity contribution in [2.45, 2.75) is 57.3 Å². The molecule has 1 heterocycles. The van der Waals surface area contributed by atoms with Gasteiger partial charge in [-0.2, -0.15) is 22.0 Å². The fourth-order valence-electron chi connectivity index (χ4n) is 5.21. The number of hydrogen-bond donors (Lipinski definition) is 0. The van der Waals surface area contributed by atoms with Gasteiger partial charge in [0.1, 0.15) is 23.6 Å². The van der Waals surface area contributed by atoms with Crippen LogP contribution in [0.25, 0.3) is 22.3 Å². The van der Waals surface area contributed by atoms with Crippen molar-refractivity contribution in [3.8, 4) is 22.3 Å². The normalized spacial score (nSPS) is 17.3. The number of hydrogen-bond acceptors (Lipinski definition) is 3. The molecule has 0 bridgehead atoms. The zero-order chi connectivity index (χ0) is 33.1. The summed E-state index contributed by atoms with van der Waals surface area (Å²) in [6.07, 6.45) is -6.70. The first-order valence-electron chi connectivity index (χ1n) is 14.7. The predicted molar refractivity (Wildman–Crippen MR) is 155 cm³/mol. The number of alkyl halides is 5. The second kappa shape index (κ2) is 13.9. The molecular formula is C35H30F8O3. The van der Waals surface area contributed by atoms with Crippen molar-refractivity contribution in [1.82, 2.24) is 0 Å². The third kappa shape index (κ3) is 7.76. The summed E-state index contributed by atoms with van der Waals surface area (Å²) in [5.74, 6) is -3.21. The van der Waals surface area contributed by atoms with E-state index in [1.165, 1.54) is 36.4 Å². The molecule has 11 heteroatoms. The van der Waals surface area contributed by atoms with E-state index in [4.69, 9.17) is 14.2 Å². The summed E-state index contributed by atoms with van der Waals surface area (Å²) < 4.78 is 128. The van der Waals surface area contributed by atoms with Crippen LogP contribution in [-0.2, 0) is 32.9 Å². The van der Waals surface area contributed by atoms with Crippen molar-refractivity contribution in [3.63, 3.8) is 0 Å². The Morgan fingerprint density at radius 3 is 1.85 bits per heavy atom. The predicted octanol–water partition coefficient (Wildman–Crippen LogP) is 10.4. The molecule has 1 aliphatic heterocycles. The molecule has 1 fully saturated rings. The number of halogens is 8. The van der Waals surface area contributed by atoms with Crippen molar-refractivity contribution < 1.29 is 49.3 Å². The lowest BCUT2D eigenvalue weighted by atomic mass is 9.97. The maximum absolute atomic E-state index is 15.1. The molecular weight excluding hydrogens is 620 g/mol. The Hall–Kier alpha value is -3.80. The Morgan fingerprint density at radius 2 is 1.28 bits per heavy atom. The number of rotatable bonds is 10. The van der Waals surface area contributed by atoms with Crippen molar-refractivity contribution in [3.05, 3.63) is 119 Å².